The molecule has 0 aromatic carbocycles. The topological polar surface area (TPSA) is 56.5 Å². The van der Waals surface area contributed by atoms with E-state index in [0.29, 0.717) is 12.4 Å². The standard InChI is InChI=1S/C6H10ClN3O/c7-3-6(8)10-2-1-5(4-10)9-11/h5,8H,1-4H2. The molecule has 1 N–H and O–H groups in total. The maximum Gasteiger partial charge on any atom is 0.111 e. The monoisotopic (exact) mass is 175 g/mol. The highest BCUT2D eigenvalue weighted by Gasteiger charge is 2.24. The van der Waals surface area contributed by atoms with Gasteiger partial charge in [-0.3, -0.25) is 5.41 Å². The molecule has 1 heterocycles. The molecular formula is C6H10ClN3O. The van der Waals surface area contributed by atoms with Crippen LogP contribution in [0, 0.1) is 10.3 Å². The molecule has 11 heavy (non-hydrogen) atoms. The molecule has 0 spiro atoms. The highest BCUT2D eigenvalue weighted by atomic mass is 35.5. The van der Waals surface area contributed by atoms with Crippen LogP contribution in [0.25, 0.3) is 0 Å². The summed E-state index contributed by atoms with van der Waals surface area (Å²) < 4.78 is 0. The maximum absolute atomic E-state index is 10.1. The predicted octanol–water partition coefficient (Wildman–Crippen LogP) is 1.04. The van der Waals surface area contributed by atoms with Crippen molar-refractivity contribution in [3.05, 3.63) is 4.91 Å². The van der Waals surface area contributed by atoms with Gasteiger partial charge in [0.25, 0.3) is 0 Å². The van der Waals surface area contributed by atoms with Crippen LogP contribution in [-0.4, -0.2) is 35.7 Å². The van der Waals surface area contributed by atoms with E-state index >= 15 is 0 Å². The van der Waals surface area contributed by atoms with E-state index in [1.807, 2.05) is 0 Å². The fourth-order valence-electron chi connectivity index (χ4n) is 1.16. The van der Waals surface area contributed by atoms with Gasteiger partial charge >= 0.3 is 0 Å². The first-order valence-corrected chi connectivity index (χ1v) is 4.02. The summed E-state index contributed by atoms with van der Waals surface area (Å²) in [7, 11) is 0. The number of rotatable bonds is 2. The minimum absolute atomic E-state index is 0.140. The van der Waals surface area contributed by atoms with Crippen LogP contribution in [0.4, 0.5) is 0 Å². The number of hydrogen-bond acceptors (Lipinski definition) is 3. The zero-order valence-corrected chi connectivity index (χ0v) is 6.84. The van der Waals surface area contributed by atoms with Crippen LogP contribution in [0.1, 0.15) is 6.42 Å². The number of amidine groups is 1. The van der Waals surface area contributed by atoms with Crippen LogP contribution in [-0.2, 0) is 0 Å². The number of halogens is 1. The molecule has 0 saturated carbocycles. The molecule has 1 atom stereocenters. The molecule has 1 fully saturated rings. The molecule has 1 saturated heterocycles. The summed E-state index contributed by atoms with van der Waals surface area (Å²) in [6.07, 6.45) is 0.753. The summed E-state index contributed by atoms with van der Waals surface area (Å²) in [5.41, 5.74) is 0. The van der Waals surface area contributed by atoms with Gasteiger partial charge < -0.3 is 4.90 Å². The second kappa shape index (κ2) is 3.67. The minimum atomic E-state index is -0.140. The van der Waals surface area contributed by atoms with Crippen molar-refractivity contribution in [3.8, 4) is 0 Å². The third kappa shape index (κ3) is 1.89. The van der Waals surface area contributed by atoms with E-state index in [9.17, 15) is 4.91 Å². The quantitative estimate of drug-likeness (QED) is 0.295. The highest BCUT2D eigenvalue weighted by molar-refractivity contribution is 6.27. The Labute approximate surface area is 70.0 Å². The first-order valence-electron chi connectivity index (χ1n) is 3.48. The summed E-state index contributed by atoms with van der Waals surface area (Å²) in [5.74, 6) is 0.601. The highest BCUT2D eigenvalue weighted by Crippen LogP contribution is 2.12. The lowest BCUT2D eigenvalue weighted by molar-refractivity contribution is 0.504. The fourth-order valence-corrected chi connectivity index (χ4v) is 1.33. The van der Waals surface area contributed by atoms with Gasteiger partial charge in [-0.15, -0.1) is 11.6 Å². The molecule has 0 aromatic rings. The third-order valence-corrected chi connectivity index (χ3v) is 2.07. The van der Waals surface area contributed by atoms with Crippen LogP contribution in [0.15, 0.2) is 5.18 Å². The number of nitrogens with zero attached hydrogens (tertiary/aromatic N) is 2. The van der Waals surface area contributed by atoms with Gasteiger partial charge in [0, 0.05) is 13.1 Å². The van der Waals surface area contributed by atoms with Gasteiger partial charge in [-0.2, -0.15) is 4.91 Å². The van der Waals surface area contributed by atoms with E-state index in [1.54, 1.807) is 4.90 Å². The Morgan fingerprint density at radius 3 is 3.00 bits per heavy atom. The molecule has 0 aromatic heterocycles. The maximum atomic E-state index is 10.1. The second-order valence-corrected chi connectivity index (χ2v) is 2.84. The van der Waals surface area contributed by atoms with E-state index in [2.05, 4.69) is 5.18 Å². The number of hydrogen-bond donors (Lipinski definition) is 1. The Morgan fingerprint density at radius 2 is 2.55 bits per heavy atom. The van der Waals surface area contributed by atoms with Gasteiger partial charge in [-0.05, 0) is 6.42 Å². The van der Waals surface area contributed by atoms with Crippen LogP contribution >= 0.6 is 11.6 Å². The normalized spacial score (nSPS) is 23.7. The number of nitroso groups, excluding NO2 is 1. The molecule has 0 aliphatic carbocycles. The van der Waals surface area contributed by atoms with Gasteiger partial charge in [0.2, 0.25) is 0 Å². The van der Waals surface area contributed by atoms with Crippen molar-refractivity contribution >= 4 is 17.4 Å². The van der Waals surface area contributed by atoms with Crippen molar-refractivity contribution in [2.75, 3.05) is 19.0 Å². The van der Waals surface area contributed by atoms with Crippen molar-refractivity contribution in [1.82, 2.24) is 4.90 Å². The van der Waals surface area contributed by atoms with Gasteiger partial charge in [0.05, 0.1) is 5.88 Å². The Balaban J connectivity index is 2.41. The molecule has 1 aliphatic heterocycles. The molecule has 1 rings (SSSR count). The van der Waals surface area contributed by atoms with Crippen LogP contribution in [0.2, 0.25) is 0 Å². The van der Waals surface area contributed by atoms with E-state index in [1.165, 1.54) is 0 Å². The molecule has 4 nitrogen and oxygen atoms in total. The summed E-state index contributed by atoms with van der Waals surface area (Å²) >= 11 is 5.45. The number of likely N-dealkylation sites (tertiary alicyclic amines) is 1. The zero-order chi connectivity index (χ0) is 8.27. The molecule has 0 amide bonds. The van der Waals surface area contributed by atoms with Gasteiger partial charge in [0.1, 0.15) is 11.9 Å². The van der Waals surface area contributed by atoms with Gasteiger partial charge in [-0.25, -0.2) is 0 Å². The fraction of sp³-hybridized carbons (Fsp3) is 0.833. The van der Waals surface area contributed by atoms with Crippen molar-refractivity contribution in [2.45, 2.75) is 12.5 Å². The van der Waals surface area contributed by atoms with Crippen molar-refractivity contribution in [1.29, 1.82) is 5.41 Å². The van der Waals surface area contributed by atoms with Crippen LogP contribution in [0.3, 0.4) is 0 Å². The Hall–Kier alpha value is -0.640. The van der Waals surface area contributed by atoms with Crippen LogP contribution in [0.5, 0.6) is 0 Å². The Morgan fingerprint density at radius 1 is 1.82 bits per heavy atom. The van der Waals surface area contributed by atoms with Gasteiger partial charge in [-0.1, -0.05) is 5.18 Å². The summed E-state index contributed by atoms with van der Waals surface area (Å²) in [5, 5.41) is 10.3. The molecule has 1 unspecified atom stereocenters. The Bertz CT molecular complexity index is 173. The lowest BCUT2D eigenvalue weighted by Gasteiger charge is -2.15. The second-order valence-electron chi connectivity index (χ2n) is 2.57. The first-order chi connectivity index (χ1) is 5.27. The van der Waals surface area contributed by atoms with Crippen LogP contribution < -0.4 is 0 Å². The number of alkyl halides is 1. The summed E-state index contributed by atoms with van der Waals surface area (Å²) in [4.78, 5) is 11.9. The first kappa shape index (κ1) is 8.46. The lowest BCUT2D eigenvalue weighted by atomic mass is 10.3. The van der Waals surface area contributed by atoms with Crippen molar-refractivity contribution in [3.63, 3.8) is 0 Å². The van der Waals surface area contributed by atoms with E-state index < -0.39 is 0 Å². The average molecular weight is 176 g/mol. The smallest absolute Gasteiger partial charge is 0.111 e. The SMILES string of the molecule is N=C(CCl)N1CCC(N=O)C1. The third-order valence-electron chi connectivity index (χ3n) is 1.82. The van der Waals surface area contributed by atoms with Crippen molar-refractivity contribution < 1.29 is 0 Å². The van der Waals surface area contributed by atoms with E-state index in [0.717, 1.165) is 13.0 Å². The minimum Gasteiger partial charge on any atom is -0.357 e. The largest absolute Gasteiger partial charge is 0.357 e. The number of nitrogens with one attached hydrogen (secondary N) is 1. The lowest BCUT2D eigenvalue weighted by Crippen LogP contribution is -2.29. The molecule has 1 aliphatic rings. The summed E-state index contributed by atoms with van der Waals surface area (Å²) in [6, 6.07) is -0.140. The molecule has 0 bridgehead atoms. The molecule has 62 valence electrons. The molecule has 5 heteroatoms. The average Bonchev–Trinajstić information content (AvgIpc) is 2.50. The predicted molar refractivity (Wildman–Crippen MR) is 44.2 cm³/mol. The summed E-state index contributed by atoms with van der Waals surface area (Å²) in [6.45, 7) is 1.30. The Kier molecular flexibility index (Phi) is 2.82. The zero-order valence-electron chi connectivity index (χ0n) is 6.09. The molecule has 0 radical (unpaired) electrons. The van der Waals surface area contributed by atoms with Gasteiger partial charge in [0.15, 0.2) is 0 Å². The molecular weight excluding hydrogens is 166 g/mol. The van der Waals surface area contributed by atoms with E-state index in [4.69, 9.17) is 17.0 Å². The van der Waals surface area contributed by atoms with Crippen molar-refractivity contribution in [2.24, 2.45) is 5.18 Å². The van der Waals surface area contributed by atoms with E-state index in [-0.39, 0.29) is 11.9 Å².